The van der Waals surface area contributed by atoms with Gasteiger partial charge in [-0.25, -0.2) is 0 Å². The molecular weight excluding hydrogens is 552 g/mol. The molecule has 0 bridgehead atoms. The predicted octanol–water partition coefficient (Wildman–Crippen LogP) is -0.0910. The molecule has 1 heterocycles. The molecule has 0 aromatic rings. The standard InChI is InChI=1S/C5H7ClO3.2Tl/c6-5-1-3(8)4(2-7)9-5;;/h3-5H,1-2H2;;/q-2;2*+1/t3-,4?,5?;;/m1../s1. The van der Waals surface area contributed by atoms with E-state index in [9.17, 15) is 0 Å². The Labute approximate surface area is 104 Å². The van der Waals surface area contributed by atoms with Crippen molar-refractivity contribution in [3.05, 3.63) is 0 Å². The number of rotatable bonds is 3. The van der Waals surface area contributed by atoms with E-state index in [2.05, 4.69) is 0 Å². The second-order valence-corrected chi connectivity index (χ2v) is 5.17. The number of ether oxygens (including phenoxy) is 1. The number of hydrogen-bond donors (Lipinski definition) is 0. The second-order valence-electron chi connectivity index (χ2n) is 2.33. The minimum absolute atomic E-state index is 0.0764. The third-order valence-corrected chi connectivity index (χ3v) is 3.98. The van der Waals surface area contributed by atoms with Crippen LogP contribution in [0.4, 0.5) is 0 Å². The maximum absolute atomic E-state index is 5.79. The van der Waals surface area contributed by atoms with Crippen molar-refractivity contribution in [2.45, 2.75) is 24.2 Å². The van der Waals surface area contributed by atoms with Crippen LogP contribution in [0.1, 0.15) is 6.42 Å². The van der Waals surface area contributed by atoms with Crippen molar-refractivity contribution >= 4 is 64.0 Å². The fraction of sp³-hybridized carbons (Fsp3) is 1.00. The van der Waals surface area contributed by atoms with Gasteiger partial charge in [0.2, 0.25) is 0 Å². The molecule has 1 saturated heterocycles. The van der Waals surface area contributed by atoms with Crippen LogP contribution in [-0.4, -0.2) is 76.8 Å². The van der Waals surface area contributed by atoms with Gasteiger partial charge in [0.05, 0.1) is 0 Å². The summed E-state index contributed by atoms with van der Waals surface area (Å²) < 4.78 is 15.8. The van der Waals surface area contributed by atoms with Crippen molar-refractivity contribution in [1.29, 1.82) is 0 Å². The van der Waals surface area contributed by atoms with Crippen LogP contribution in [0.2, 0.25) is 0 Å². The van der Waals surface area contributed by atoms with E-state index in [1.807, 2.05) is 0 Å². The molecule has 3 atom stereocenters. The van der Waals surface area contributed by atoms with Gasteiger partial charge < -0.3 is 0 Å². The van der Waals surface area contributed by atoms with Crippen LogP contribution in [0.5, 0.6) is 0 Å². The van der Waals surface area contributed by atoms with Gasteiger partial charge in [0.15, 0.2) is 0 Å². The third-order valence-electron chi connectivity index (χ3n) is 1.59. The molecule has 6 heteroatoms. The topological polar surface area (TPSA) is 27.7 Å². The van der Waals surface area contributed by atoms with Crippen LogP contribution >= 0.6 is 11.6 Å². The normalized spacial score (nSPS) is 37.5. The fourth-order valence-corrected chi connectivity index (χ4v) is 3.21. The molecule has 0 radical (unpaired) electrons. The van der Waals surface area contributed by atoms with Gasteiger partial charge in [-0.05, 0) is 0 Å². The zero-order valence-electron chi connectivity index (χ0n) is 5.90. The van der Waals surface area contributed by atoms with Crippen molar-refractivity contribution in [3.8, 4) is 0 Å². The molecule has 1 aliphatic heterocycles. The molecule has 0 amide bonds. The van der Waals surface area contributed by atoms with Gasteiger partial charge in [-0.1, -0.05) is 0 Å². The predicted molar refractivity (Wildman–Crippen MR) is 41.5 cm³/mol. The Kier molecular flexibility index (Phi) is 5.73. The Hall–Kier alpha value is 2.01. The number of halogens is 1. The van der Waals surface area contributed by atoms with E-state index in [0.29, 0.717) is 59.0 Å². The van der Waals surface area contributed by atoms with E-state index in [1.54, 1.807) is 0 Å². The molecule has 1 rings (SSSR count). The van der Waals surface area contributed by atoms with E-state index in [0.717, 1.165) is 6.42 Å². The summed E-state index contributed by atoms with van der Waals surface area (Å²) in [6.45, 7) is 0.644. The summed E-state index contributed by atoms with van der Waals surface area (Å²) in [6.07, 6.45) is 1.06. The van der Waals surface area contributed by atoms with Crippen LogP contribution in [0, 0.1) is 0 Å². The van der Waals surface area contributed by atoms with E-state index in [4.69, 9.17) is 21.7 Å². The van der Waals surface area contributed by atoms with E-state index >= 15 is 0 Å². The molecular formula is C5H7ClO3Tl2. The van der Waals surface area contributed by atoms with E-state index in [1.165, 1.54) is 0 Å². The first kappa shape index (κ1) is 11.1. The van der Waals surface area contributed by atoms with Crippen LogP contribution in [0.3, 0.4) is 0 Å². The first-order valence-corrected chi connectivity index (χ1v) is 7.35. The molecule has 0 spiro atoms. The van der Waals surface area contributed by atoms with Crippen molar-refractivity contribution < 1.29 is 10.1 Å². The van der Waals surface area contributed by atoms with E-state index < -0.39 is 0 Å². The number of alkyl halides is 1. The van der Waals surface area contributed by atoms with E-state index in [-0.39, 0.29) is 17.8 Å². The molecule has 3 nitrogen and oxygen atoms in total. The Bertz CT molecular complexity index is 126. The van der Waals surface area contributed by atoms with Gasteiger partial charge in [0.25, 0.3) is 0 Å². The monoisotopic (exact) mass is 560 g/mol. The van der Waals surface area contributed by atoms with Gasteiger partial charge in [-0.3, -0.25) is 0 Å². The molecule has 0 aromatic carbocycles. The molecule has 58 valence electrons. The SMILES string of the molecule is ClC1C[C@@H]([O][Tl])C(C[O][Tl])O1. The zero-order chi connectivity index (χ0) is 8.27. The Morgan fingerprint density at radius 2 is 2.27 bits per heavy atom. The van der Waals surface area contributed by atoms with Crippen LogP contribution in [0.25, 0.3) is 0 Å². The number of hydrogen-bond acceptors (Lipinski definition) is 3. The Morgan fingerprint density at radius 3 is 2.82 bits per heavy atom. The first-order chi connectivity index (χ1) is 5.27. The maximum atomic E-state index is 5.79. The van der Waals surface area contributed by atoms with Crippen molar-refractivity contribution in [2.75, 3.05) is 6.61 Å². The molecule has 1 fully saturated rings. The summed E-state index contributed by atoms with van der Waals surface area (Å²) >= 11 is 6.91. The third kappa shape index (κ3) is 3.33. The Morgan fingerprint density at radius 1 is 1.55 bits per heavy atom. The molecule has 0 aromatic heterocycles. The summed E-state index contributed by atoms with van der Waals surface area (Å²) in [5.74, 6) is 0. The van der Waals surface area contributed by atoms with Crippen molar-refractivity contribution in [2.24, 2.45) is 0 Å². The summed E-state index contributed by atoms with van der Waals surface area (Å²) in [5.41, 5.74) is -0.177. The van der Waals surface area contributed by atoms with Gasteiger partial charge in [-0.2, -0.15) is 0 Å². The average Bonchev–Trinajstić information content (AvgIpc) is 2.32. The summed E-state index contributed by atoms with van der Waals surface area (Å²) in [6, 6.07) is 0. The van der Waals surface area contributed by atoms with Gasteiger partial charge >= 0.3 is 105 Å². The van der Waals surface area contributed by atoms with Crippen molar-refractivity contribution in [3.63, 3.8) is 0 Å². The van der Waals surface area contributed by atoms with Crippen molar-refractivity contribution in [1.82, 2.24) is 0 Å². The van der Waals surface area contributed by atoms with Gasteiger partial charge in [0.1, 0.15) is 0 Å². The van der Waals surface area contributed by atoms with Crippen LogP contribution in [0.15, 0.2) is 0 Å². The molecule has 0 aliphatic carbocycles. The van der Waals surface area contributed by atoms with Crippen LogP contribution < -0.4 is 0 Å². The molecule has 11 heavy (non-hydrogen) atoms. The summed E-state index contributed by atoms with van der Waals surface area (Å²) in [4.78, 5) is 0. The average molecular weight is 559 g/mol. The van der Waals surface area contributed by atoms with Gasteiger partial charge in [-0.15, -0.1) is 0 Å². The molecule has 0 N–H and O–H groups in total. The second kappa shape index (κ2) is 5.68. The molecule has 1 aliphatic rings. The first-order valence-electron chi connectivity index (χ1n) is 3.24. The Balaban J connectivity index is 2.37. The summed E-state index contributed by atoms with van der Waals surface area (Å²) in [7, 11) is 0. The van der Waals surface area contributed by atoms with Crippen LogP contribution in [-0.2, 0) is 10.1 Å². The minimum atomic E-state index is -0.177. The van der Waals surface area contributed by atoms with Gasteiger partial charge in [0, 0.05) is 0 Å². The summed E-state index contributed by atoms with van der Waals surface area (Å²) in [5, 5.41) is 0. The quantitative estimate of drug-likeness (QED) is 0.358. The molecule has 2 unspecified atom stereocenters. The zero-order valence-corrected chi connectivity index (χ0v) is 15.6. The molecule has 0 saturated carbocycles. The fourth-order valence-electron chi connectivity index (χ4n) is 1.05.